The second-order valence-electron chi connectivity index (χ2n) is 6.13. The zero-order chi connectivity index (χ0) is 18.6. The lowest BCUT2D eigenvalue weighted by Crippen LogP contribution is -1.98. The minimum Gasteiger partial charge on any atom is -0.493 e. The highest BCUT2D eigenvalue weighted by atomic mass is 16.5. The molecule has 0 N–H and O–H groups in total. The van der Waals surface area contributed by atoms with Crippen LogP contribution in [0.5, 0.6) is 11.5 Å². The normalized spacial score (nSPS) is 10.9. The molecule has 6 nitrogen and oxygen atoms in total. The Morgan fingerprint density at radius 1 is 0.889 bits per heavy atom. The Bertz CT molecular complexity index is 1060. The topological polar surface area (TPSA) is 61.5 Å². The first-order chi connectivity index (χ1) is 13.3. The van der Waals surface area contributed by atoms with Gasteiger partial charge in [-0.15, -0.1) is 5.10 Å². The molecule has 0 aliphatic carbocycles. The van der Waals surface area contributed by atoms with Crippen molar-refractivity contribution in [1.29, 1.82) is 0 Å². The Morgan fingerprint density at radius 2 is 1.70 bits per heavy atom. The maximum atomic E-state index is 5.42. The van der Waals surface area contributed by atoms with E-state index < -0.39 is 0 Å². The predicted octanol–water partition coefficient (Wildman–Crippen LogP) is 3.59. The van der Waals surface area contributed by atoms with E-state index in [9.17, 15) is 0 Å². The molecule has 0 fully saturated rings. The van der Waals surface area contributed by atoms with Crippen molar-refractivity contribution in [1.82, 2.24) is 19.6 Å². The number of aromatic nitrogens is 4. The zero-order valence-corrected chi connectivity index (χ0v) is 15.3. The Kier molecular flexibility index (Phi) is 4.70. The number of hydrogen-bond acceptors (Lipinski definition) is 5. The number of fused-ring (bicyclic) bond motifs is 1. The maximum absolute atomic E-state index is 5.42. The molecule has 0 aliphatic heterocycles. The summed E-state index contributed by atoms with van der Waals surface area (Å²) in [6, 6.07) is 18.0. The fourth-order valence-electron chi connectivity index (χ4n) is 3.06. The molecule has 2 aromatic heterocycles. The van der Waals surface area contributed by atoms with Gasteiger partial charge in [0.15, 0.2) is 17.3 Å². The number of ether oxygens (including phenoxy) is 2. The van der Waals surface area contributed by atoms with E-state index in [-0.39, 0.29) is 0 Å². The molecule has 0 bridgehead atoms. The third-order valence-electron chi connectivity index (χ3n) is 4.44. The van der Waals surface area contributed by atoms with Crippen LogP contribution >= 0.6 is 0 Å². The number of nitrogens with zero attached hydrogens (tertiary/aromatic N) is 4. The summed E-state index contributed by atoms with van der Waals surface area (Å²) in [5.41, 5.74) is 3.13. The summed E-state index contributed by atoms with van der Waals surface area (Å²) >= 11 is 0. The second-order valence-corrected chi connectivity index (χ2v) is 6.13. The van der Waals surface area contributed by atoms with Crippen molar-refractivity contribution < 1.29 is 9.47 Å². The third-order valence-corrected chi connectivity index (χ3v) is 4.44. The summed E-state index contributed by atoms with van der Waals surface area (Å²) in [7, 11) is 3.25. The molecule has 4 aromatic rings. The Balaban J connectivity index is 1.67. The molecule has 0 saturated heterocycles. The molecule has 0 atom stereocenters. The number of rotatable bonds is 6. The largest absolute Gasteiger partial charge is 0.493 e. The van der Waals surface area contributed by atoms with Gasteiger partial charge >= 0.3 is 0 Å². The molecule has 2 aromatic carbocycles. The van der Waals surface area contributed by atoms with Crippen LogP contribution in [0.1, 0.15) is 11.4 Å². The molecule has 0 amide bonds. The minimum atomic E-state index is 0.588. The average molecular weight is 360 g/mol. The molecule has 0 spiro atoms. The van der Waals surface area contributed by atoms with Crippen molar-refractivity contribution in [3.05, 3.63) is 72.2 Å². The quantitative estimate of drug-likeness (QED) is 0.526. The van der Waals surface area contributed by atoms with Gasteiger partial charge in [0.2, 0.25) is 0 Å². The van der Waals surface area contributed by atoms with Gasteiger partial charge in [0.25, 0.3) is 5.78 Å². The van der Waals surface area contributed by atoms with Crippen molar-refractivity contribution in [2.45, 2.75) is 12.8 Å². The van der Waals surface area contributed by atoms with Gasteiger partial charge in [-0.1, -0.05) is 30.3 Å². The molecule has 0 unspecified atom stereocenters. The zero-order valence-electron chi connectivity index (χ0n) is 15.3. The molecule has 0 radical (unpaired) electrons. The van der Waals surface area contributed by atoms with Gasteiger partial charge in [-0.05, 0) is 36.2 Å². The van der Waals surface area contributed by atoms with Gasteiger partial charge in [0.1, 0.15) is 0 Å². The molecule has 6 heteroatoms. The first-order valence-corrected chi connectivity index (χ1v) is 8.75. The van der Waals surface area contributed by atoms with Crippen LogP contribution in [0.25, 0.3) is 17.0 Å². The lowest BCUT2D eigenvalue weighted by Gasteiger charge is -2.10. The predicted molar refractivity (Wildman–Crippen MR) is 103 cm³/mol. The van der Waals surface area contributed by atoms with E-state index in [1.54, 1.807) is 24.9 Å². The fourth-order valence-corrected chi connectivity index (χ4v) is 3.06. The van der Waals surface area contributed by atoms with Gasteiger partial charge < -0.3 is 9.47 Å². The van der Waals surface area contributed by atoms with E-state index >= 15 is 0 Å². The highest BCUT2D eigenvalue weighted by Crippen LogP contribution is 2.32. The van der Waals surface area contributed by atoms with E-state index in [2.05, 4.69) is 27.2 Å². The minimum absolute atomic E-state index is 0.588. The molecule has 2 heterocycles. The van der Waals surface area contributed by atoms with Crippen LogP contribution in [0.3, 0.4) is 0 Å². The summed E-state index contributed by atoms with van der Waals surface area (Å²) in [6.45, 7) is 0. The van der Waals surface area contributed by atoms with E-state index in [4.69, 9.17) is 9.47 Å². The first-order valence-electron chi connectivity index (χ1n) is 8.75. The number of aryl methyl sites for hydroxylation is 2. The van der Waals surface area contributed by atoms with Crippen LogP contribution in [-0.4, -0.2) is 33.8 Å². The summed E-state index contributed by atoms with van der Waals surface area (Å²) in [5.74, 6) is 2.72. The summed E-state index contributed by atoms with van der Waals surface area (Å²) < 4.78 is 12.5. The fraction of sp³-hybridized carbons (Fsp3) is 0.190. The Hall–Kier alpha value is -3.41. The molecule has 4 rings (SSSR count). The molecular weight excluding hydrogens is 340 g/mol. The summed E-state index contributed by atoms with van der Waals surface area (Å²) in [6.07, 6.45) is 3.40. The van der Waals surface area contributed by atoms with Crippen LogP contribution in [0.15, 0.2) is 60.8 Å². The third kappa shape index (κ3) is 3.46. The first kappa shape index (κ1) is 17.0. The van der Waals surface area contributed by atoms with Crippen molar-refractivity contribution >= 4 is 5.78 Å². The van der Waals surface area contributed by atoms with E-state index in [0.29, 0.717) is 17.3 Å². The van der Waals surface area contributed by atoms with Crippen LogP contribution in [0.2, 0.25) is 0 Å². The van der Waals surface area contributed by atoms with Crippen LogP contribution in [0, 0.1) is 0 Å². The van der Waals surface area contributed by atoms with Crippen LogP contribution < -0.4 is 9.47 Å². The van der Waals surface area contributed by atoms with E-state index in [0.717, 1.165) is 29.9 Å². The summed E-state index contributed by atoms with van der Waals surface area (Å²) in [5, 5.41) is 4.67. The van der Waals surface area contributed by atoms with Crippen LogP contribution in [-0.2, 0) is 12.8 Å². The number of benzene rings is 2. The SMILES string of the molecule is COc1ccc(-c2ccnc3nc(CCc4ccccc4)nn23)cc1OC. The van der Waals surface area contributed by atoms with Gasteiger partial charge in [-0.3, -0.25) is 0 Å². The average Bonchev–Trinajstić information content (AvgIpc) is 3.15. The Morgan fingerprint density at radius 3 is 2.48 bits per heavy atom. The van der Waals surface area contributed by atoms with Crippen molar-refractivity contribution in [3.63, 3.8) is 0 Å². The monoisotopic (exact) mass is 360 g/mol. The molecule has 27 heavy (non-hydrogen) atoms. The smallest absolute Gasteiger partial charge is 0.252 e. The maximum Gasteiger partial charge on any atom is 0.252 e. The number of methoxy groups -OCH3 is 2. The van der Waals surface area contributed by atoms with Gasteiger partial charge in [0, 0.05) is 18.2 Å². The van der Waals surface area contributed by atoms with E-state index in [1.165, 1.54) is 5.56 Å². The van der Waals surface area contributed by atoms with Crippen LogP contribution in [0.4, 0.5) is 0 Å². The highest BCUT2D eigenvalue weighted by molar-refractivity contribution is 5.65. The second kappa shape index (κ2) is 7.45. The van der Waals surface area contributed by atoms with Crippen molar-refractivity contribution in [2.24, 2.45) is 0 Å². The lowest BCUT2D eigenvalue weighted by atomic mass is 10.1. The number of hydrogen-bond donors (Lipinski definition) is 0. The molecule has 0 aliphatic rings. The molecule has 0 saturated carbocycles. The molecule has 136 valence electrons. The van der Waals surface area contributed by atoms with Gasteiger partial charge in [-0.2, -0.15) is 9.50 Å². The van der Waals surface area contributed by atoms with E-state index in [1.807, 2.05) is 42.5 Å². The standard InChI is InChI=1S/C21H20N4O2/c1-26-18-10-9-16(14-19(18)27-2)17-12-13-22-21-23-20(24-25(17)21)11-8-15-6-4-3-5-7-15/h3-7,9-10,12-14H,8,11H2,1-2H3. The van der Waals surface area contributed by atoms with Gasteiger partial charge in [-0.25, -0.2) is 4.98 Å². The van der Waals surface area contributed by atoms with Gasteiger partial charge in [0.05, 0.1) is 19.9 Å². The van der Waals surface area contributed by atoms with Crippen molar-refractivity contribution in [3.8, 4) is 22.8 Å². The lowest BCUT2D eigenvalue weighted by molar-refractivity contribution is 0.355. The Labute approximate surface area is 157 Å². The highest BCUT2D eigenvalue weighted by Gasteiger charge is 2.12. The summed E-state index contributed by atoms with van der Waals surface area (Å²) in [4.78, 5) is 8.93. The molecular formula is C21H20N4O2. The van der Waals surface area contributed by atoms with Crippen molar-refractivity contribution in [2.75, 3.05) is 14.2 Å².